The lowest BCUT2D eigenvalue weighted by atomic mass is 10.1. The first kappa shape index (κ1) is 35.7. The van der Waals surface area contributed by atoms with Crippen LogP contribution in [0.1, 0.15) is 175 Å². The molecule has 0 unspecified atom stereocenters. The second-order valence-electron chi connectivity index (χ2n) is 11.2. The summed E-state index contributed by atoms with van der Waals surface area (Å²) in [7, 11) is 0. The van der Waals surface area contributed by atoms with Crippen molar-refractivity contribution in [2.24, 2.45) is 0 Å². The predicted octanol–water partition coefficient (Wildman–Crippen LogP) is 9.57. The number of unbranched alkanes of at least 4 members (excludes halogenated alkanes) is 17. The van der Waals surface area contributed by atoms with Crippen LogP contribution in [0.5, 0.6) is 0 Å². The quantitative estimate of drug-likeness (QED) is 0.0797. The first-order valence-corrected chi connectivity index (χ1v) is 16.3. The van der Waals surface area contributed by atoms with Gasteiger partial charge in [0.2, 0.25) is 11.8 Å². The van der Waals surface area contributed by atoms with E-state index in [-0.39, 0.29) is 17.9 Å². The van der Waals surface area contributed by atoms with Gasteiger partial charge in [-0.15, -0.1) is 0 Å². The summed E-state index contributed by atoms with van der Waals surface area (Å²) in [5.74, 6) is 0.383. The summed E-state index contributed by atoms with van der Waals surface area (Å²) in [6.45, 7) is 7.34. The van der Waals surface area contributed by atoms with Gasteiger partial charge in [0.15, 0.2) is 0 Å². The van der Waals surface area contributed by atoms with E-state index in [0.29, 0.717) is 12.8 Å². The lowest BCUT2D eigenvalue weighted by Crippen LogP contribution is -2.32. The van der Waals surface area contributed by atoms with E-state index >= 15 is 0 Å². The molecule has 0 saturated heterocycles. The highest BCUT2D eigenvalue weighted by Gasteiger charge is 2.07. The van der Waals surface area contributed by atoms with Crippen LogP contribution in [0, 0.1) is 0 Å². The van der Waals surface area contributed by atoms with Crippen molar-refractivity contribution in [2.45, 2.75) is 181 Å². The van der Waals surface area contributed by atoms with Crippen LogP contribution in [0.3, 0.4) is 0 Å². The van der Waals surface area contributed by atoms with E-state index in [1.165, 1.54) is 103 Å². The standard InChI is InChI=1S/C33H64N2O2/c1-4-6-8-10-12-13-14-15-16-17-18-19-20-22-23-28-32(36)34-30-26-25-27-31(3)35-33(37)29-24-21-11-9-7-5-2/h15-16,31H,4-14,17-30H2,1-3H3,(H,34,36)(H,35,37)/b16-15-/t31-/m1/s1. The number of rotatable bonds is 28. The van der Waals surface area contributed by atoms with E-state index in [2.05, 4.69) is 43.6 Å². The average molecular weight is 521 g/mol. The van der Waals surface area contributed by atoms with Gasteiger partial charge in [-0.05, 0) is 64.7 Å². The fourth-order valence-electron chi connectivity index (χ4n) is 4.73. The van der Waals surface area contributed by atoms with Crippen molar-refractivity contribution in [3.05, 3.63) is 12.2 Å². The maximum absolute atomic E-state index is 12.0. The molecule has 0 rings (SSSR count). The molecule has 0 bridgehead atoms. The van der Waals surface area contributed by atoms with Crippen molar-refractivity contribution in [1.29, 1.82) is 0 Å². The molecule has 1 atom stereocenters. The molecular formula is C33H64N2O2. The third-order valence-corrected chi connectivity index (χ3v) is 7.22. The number of allylic oxidation sites excluding steroid dienone is 2. The third kappa shape index (κ3) is 29.1. The molecule has 0 aliphatic carbocycles. The lowest BCUT2D eigenvalue weighted by Gasteiger charge is -2.14. The molecule has 37 heavy (non-hydrogen) atoms. The molecule has 0 aromatic heterocycles. The molecule has 0 fully saturated rings. The van der Waals surface area contributed by atoms with E-state index in [1.54, 1.807) is 0 Å². The SMILES string of the molecule is CCCCCCCC/C=C\CCCCCCCC(=O)NCCCC[C@@H](C)NC(=O)CCCCCCCC. The Morgan fingerprint density at radius 3 is 1.57 bits per heavy atom. The van der Waals surface area contributed by atoms with Crippen molar-refractivity contribution in [3.8, 4) is 0 Å². The number of hydrogen-bond acceptors (Lipinski definition) is 2. The van der Waals surface area contributed by atoms with Crippen LogP contribution >= 0.6 is 0 Å². The van der Waals surface area contributed by atoms with Crippen LogP contribution in [0.2, 0.25) is 0 Å². The summed E-state index contributed by atoms with van der Waals surface area (Å²) in [5, 5.41) is 6.18. The van der Waals surface area contributed by atoms with Crippen molar-refractivity contribution in [1.82, 2.24) is 10.6 Å². The molecule has 0 saturated carbocycles. The molecular weight excluding hydrogens is 456 g/mol. The van der Waals surface area contributed by atoms with Crippen molar-refractivity contribution in [2.75, 3.05) is 6.54 Å². The van der Waals surface area contributed by atoms with Crippen LogP contribution in [0.4, 0.5) is 0 Å². The Morgan fingerprint density at radius 2 is 1.03 bits per heavy atom. The summed E-state index contributed by atoms with van der Waals surface area (Å²) in [6, 6.07) is 0.221. The van der Waals surface area contributed by atoms with Gasteiger partial charge >= 0.3 is 0 Å². The minimum absolute atomic E-state index is 0.191. The van der Waals surface area contributed by atoms with Crippen molar-refractivity contribution >= 4 is 11.8 Å². The molecule has 0 radical (unpaired) electrons. The highest BCUT2D eigenvalue weighted by Crippen LogP contribution is 2.10. The van der Waals surface area contributed by atoms with Gasteiger partial charge in [-0.2, -0.15) is 0 Å². The largest absolute Gasteiger partial charge is 0.356 e. The van der Waals surface area contributed by atoms with E-state index in [4.69, 9.17) is 0 Å². The molecule has 0 aromatic rings. The van der Waals surface area contributed by atoms with Crippen LogP contribution in [0.15, 0.2) is 12.2 Å². The highest BCUT2D eigenvalue weighted by atomic mass is 16.2. The fourth-order valence-corrected chi connectivity index (χ4v) is 4.73. The van der Waals surface area contributed by atoms with Gasteiger partial charge < -0.3 is 10.6 Å². The van der Waals surface area contributed by atoms with Gasteiger partial charge in [-0.1, -0.05) is 109 Å². The number of carbonyl (C=O) groups is 2. The number of carbonyl (C=O) groups excluding carboxylic acids is 2. The topological polar surface area (TPSA) is 58.2 Å². The predicted molar refractivity (Wildman–Crippen MR) is 162 cm³/mol. The Morgan fingerprint density at radius 1 is 0.568 bits per heavy atom. The minimum Gasteiger partial charge on any atom is -0.356 e. The Hall–Kier alpha value is -1.32. The van der Waals surface area contributed by atoms with Gasteiger partial charge in [-0.25, -0.2) is 0 Å². The summed E-state index contributed by atoms with van der Waals surface area (Å²) in [5.41, 5.74) is 0. The second kappa shape index (κ2) is 29.2. The van der Waals surface area contributed by atoms with Crippen LogP contribution < -0.4 is 10.6 Å². The molecule has 218 valence electrons. The van der Waals surface area contributed by atoms with E-state index < -0.39 is 0 Å². The summed E-state index contributed by atoms with van der Waals surface area (Å²) in [4.78, 5) is 24.1. The van der Waals surface area contributed by atoms with Gasteiger partial charge in [0, 0.05) is 25.4 Å². The van der Waals surface area contributed by atoms with Gasteiger partial charge in [0.05, 0.1) is 0 Å². The van der Waals surface area contributed by atoms with E-state index in [0.717, 1.165) is 45.1 Å². The van der Waals surface area contributed by atoms with Crippen LogP contribution in [-0.4, -0.2) is 24.4 Å². The molecule has 2 N–H and O–H groups in total. The highest BCUT2D eigenvalue weighted by molar-refractivity contribution is 5.76. The first-order valence-electron chi connectivity index (χ1n) is 16.3. The minimum atomic E-state index is 0.191. The van der Waals surface area contributed by atoms with Crippen molar-refractivity contribution in [3.63, 3.8) is 0 Å². The molecule has 0 aromatic carbocycles. The fraction of sp³-hybridized carbons (Fsp3) is 0.879. The monoisotopic (exact) mass is 520 g/mol. The maximum Gasteiger partial charge on any atom is 0.220 e. The molecule has 0 heterocycles. The third-order valence-electron chi connectivity index (χ3n) is 7.22. The normalized spacial score (nSPS) is 12.2. The van der Waals surface area contributed by atoms with Gasteiger partial charge in [0.25, 0.3) is 0 Å². The number of amides is 2. The molecule has 0 aliphatic heterocycles. The zero-order valence-corrected chi connectivity index (χ0v) is 25.2. The number of hydrogen-bond donors (Lipinski definition) is 2. The Bertz CT molecular complexity index is 532. The maximum atomic E-state index is 12.0. The Balaban J connectivity index is 3.40. The van der Waals surface area contributed by atoms with E-state index in [9.17, 15) is 9.59 Å². The summed E-state index contributed by atoms with van der Waals surface area (Å²) >= 11 is 0. The zero-order valence-electron chi connectivity index (χ0n) is 25.2. The smallest absolute Gasteiger partial charge is 0.220 e. The average Bonchev–Trinajstić information content (AvgIpc) is 2.88. The first-order chi connectivity index (χ1) is 18.1. The molecule has 2 amide bonds. The van der Waals surface area contributed by atoms with Crippen LogP contribution in [-0.2, 0) is 9.59 Å². The summed E-state index contributed by atoms with van der Waals surface area (Å²) < 4.78 is 0. The van der Waals surface area contributed by atoms with Gasteiger partial charge in [-0.3, -0.25) is 9.59 Å². The molecule has 0 aliphatic rings. The van der Waals surface area contributed by atoms with Crippen LogP contribution in [0.25, 0.3) is 0 Å². The molecule has 4 heteroatoms. The zero-order chi connectivity index (χ0) is 27.2. The Kier molecular flexibility index (Phi) is 28.2. The van der Waals surface area contributed by atoms with Gasteiger partial charge in [0.1, 0.15) is 0 Å². The second-order valence-corrected chi connectivity index (χ2v) is 11.2. The lowest BCUT2D eigenvalue weighted by molar-refractivity contribution is -0.122. The molecule has 0 spiro atoms. The Labute approximate surface area is 231 Å². The van der Waals surface area contributed by atoms with E-state index in [1.807, 2.05) is 0 Å². The van der Waals surface area contributed by atoms with Crippen molar-refractivity contribution < 1.29 is 9.59 Å². The summed E-state index contributed by atoms with van der Waals surface area (Å²) in [6.07, 6.45) is 33.0. The molecule has 4 nitrogen and oxygen atoms in total. The number of nitrogens with one attached hydrogen (secondary N) is 2.